The van der Waals surface area contributed by atoms with Gasteiger partial charge in [-0.3, -0.25) is 9.59 Å². The Hall–Kier alpha value is -1.49. The van der Waals surface area contributed by atoms with Crippen LogP contribution in [0.25, 0.3) is 0 Å². The van der Waals surface area contributed by atoms with Crippen LogP contribution >= 0.6 is 12.6 Å². The van der Waals surface area contributed by atoms with Crippen LogP contribution in [-0.4, -0.2) is 41.6 Å². The molecule has 4 nitrogen and oxygen atoms in total. The lowest BCUT2D eigenvalue weighted by atomic mass is 10.1. The highest BCUT2D eigenvalue weighted by atomic mass is 32.1. The third kappa shape index (κ3) is 3.99. The average Bonchev–Trinajstić information content (AvgIpc) is 2.64. The molecule has 1 aliphatic rings. The summed E-state index contributed by atoms with van der Waals surface area (Å²) in [7, 11) is 0. The van der Waals surface area contributed by atoms with E-state index in [9.17, 15) is 9.59 Å². The number of carbonyl (C=O) groups is 2. The molecule has 2 amide bonds. The Balaban J connectivity index is 1.93. The number of hydrogen-bond acceptors (Lipinski definition) is 3. The zero-order chi connectivity index (χ0) is 13.7. The van der Waals surface area contributed by atoms with Gasteiger partial charge >= 0.3 is 0 Å². The van der Waals surface area contributed by atoms with E-state index < -0.39 is 0 Å². The number of carbonyl (C=O) groups excluding carboxylic acids is 2. The fourth-order valence-corrected chi connectivity index (χ4v) is 2.50. The molecule has 1 aliphatic heterocycles. The molecule has 1 saturated heterocycles. The van der Waals surface area contributed by atoms with Gasteiger partial charge in [-0.15, -0.1) is 0 Å². The summed E-state index contributed by atoms with van der Waals surface area (Å²) in [6.45, 7) is 1.57. The number of thiol groups is 1. The number of hydrogen-bond donors (Lipinski definition) is 2. The summed E-state index contributed by atoms with van der Waals surface area (Å²) in [4.78, 5) is 25.2. The molecule has 0 radical (unpaired) electrons. The van der Waals surface area contributed by atoms with Crippen LogP contribution in [0.3, 0.4) is 0 Å². The quantitative estimate of drug-likeness (QED) is 0.806. The normalized spacial score (nSPS) is 17.5. The second-order valence-corrected chi connectivity index (χ2v) is 5.25. The molecule has 0 bridgehead atoms. The summed E-state index contributed by atoms with van der Waals surface area (Å²) in [6, 6.07) is 9.84. The molecule has 0 aromatic heterocycles. The van der Waals surface area contributed by atoms with Crippen LogP contribution in [-0.2, 0) is 16.0 Å². The van der Waals surface area contributed by atoms with Gasteiger partial charge in [0.15, 0.2) is 0 Å². The topological polar surface area (TPSA) is 49.4 Å². The number of benzene rings is 1. The van der Waals surface area contributed by atoms with Crippen LogP contribution in [0, 0.1) is 0 Å². The standard InChI is InChI=1S/C14H18N2O2S/c17-13-6-8-16(9-7-15-13)14(18)12(19)10-11-4-2-1-3-5-11/h1-5,12,19H,6-10H2,(H,15,17). The molecule has 1 atom stereocenters. The van der Waals surface area contributed by atoms with Gasteiger partial charge in [0.25, 0.3) is 0 Å². The molecule has 0 aliphatic carbocycles. The predicted molar refractivity (Wildman–Crippen MR) is 77.1 cm³/mol. The molecular weight excluding hydrogens is 260 g/mol. The molecule has 1 fully saturated rings. The van der Waals surface area contributed by atoms with Crippen molar-refractivity contribution < 1.29 is 9.59 Å². The molecule has 102 valence electrons. The summed E-state index contributed by atoms with van der Waals surface area (Å²) >= 11 is 4.41. The second-order valence-electron chi connectivity index (χ2n) is 4.63. The molecule has 1 N–H and O–H groups in total. The van der Waals surface area contributed by atoms with Gasteiger partial charge in [0, 0.05) is 26.1 Å². The van der Waals surface area contributed by atoms with Gasteiger partial charge in [0.2, 0.25) is 11.8 Å². The smallest absolute Gasteiger partial charge is 0.235 e. The van der Waals surface area contributed by atoms with Crippen molar-refractivity contribution in [2.45, 2.75) is 18.1 Å². The van der Waals surface area contributed by atoms with Gasteiger partial charge < -0.3 is 10.2 Å². The van der Waals surface area contributed by atoms with E-state index in [1.807, 2.05) is 30.3 Å². The van der Waals surface area contributed by atoms with Crippen LogP contribution in [0.2, 0.25) is 0 Å². The minimum atomic E-state index is -0.351. The molecule has 1 aromatic carbocycles. The summed E-state index contributed by atoms with van der Waals surface area (Å²) < 4.78 is 0. The lowest BCUT2D eigenvalue weighted by Crippen LogP contribution is -2.39. The lowest BCUT2D eigenvalue weighted by Gasteiger charge is -2.23. The zero-order valence-electron chi connectivity index (χ0n) is 10.7. The van der Waals surface area contributed by atoms with Gasteiger partial charge in [-0.25, -0.2) is 0 Å². The summed E-state index contributed by atoms with van der Waals surface area (Å²) in [5, 5.41) is 2.41. The summed E-state index contributed by atoms with van der Waals surface area (Å²) in [5.41, 5.74) is 1.10. The van der Waals surface area contributed by atoms with E-state index in [1.54, 1.807) is 4.90 Å². The van der Waals surface area contributed by atoms with Crippen LogP contribution in [0.5, 0.6) is 0 Å². The highest BCUT2D eigenvalue weighted by Crippen LogP contribution is 2.11. The van der Waals surface area contributed by atoms with Crippen molar-refractivity contribution in [2.75, 3.05) is 19.6 Å². The van der Waals surface area contributed by atoms with Crippen LogP contribution < -0.4 is 5.32 Å². The Morgan fingerprint density at radius 1 is 1.32 bits per heavy atom. The van der Waals surface area contributed by atoms with E-state index in [2.05, 4.69) is 17.9 Å². The second kappa shape index (κ2) is 6.61. The molecule has 19 heavy (non-hydrogen) atoms. The van der Waals surface area contributed by atoms with Crippen LogP contribution in [0.1, 0.15) is 12.0 Å². The molecule has 2 rings (SSSR count). The third-order valence-corrected chi connectivity index (χ3v) is 3.58. The maximum atomic E-state index is 12.3. The number of nitrogens with zero attached hydrogens (tertiary/aromatic N) is 1. The van der Waals surface area contributed by atoms with Crippen molar-refractivity contribution in [3.05, 3.63) is 35.9 Å². The van der Waals surface area contributed by atoms with Crippen molar-refractivity contribution in [1.82, 2.24) is 10.2 Å². The maximum Gasteiger partial charge on any atom is 0.235 e. The van der Waals surface area contributed by atoms with Gasteiger partial charge in [-0.05, 0) is 12.0 Å². The first-order valence-corrected chi connectivity index (χ1v) is 6.96. The fourth-order valence-electron chi connectivity index (χ4n) is 2.12. The van der Waals surface area contributed by atoms with Crippen molar-refractivity contribution in [3.63, 3.8) is 0 Å². The van der Waals surface area contributed by atoms with Crippen molar-refractivity contribution in [1.29, 1.82) is 0 Å². The SMILES string of the molecule is O=C1CCN(C(=O)C(S)Cc2ccccc2)CCN1. The number of rotatable bonds is 3. The van der Waals surface area contributed by atoms with Crippen molar-refractivity contribution >= 4 is 24.4 Å². The molecule has 1 aromatic rings. The fraction of sp³-hybridized carbons (Fsp3) is 0.429. The Morgan fingerprint density at radius 2 is 2.05 bits per heavy atom. The van der Waals surface area contributed by atoms with E-state index in [0.29, 0.717) is 32.5 Å². The molecule has 0 spiro atoms. The van der Waals surface area contributed by atoms with E-state index in [0.717, 1.165) is 5.56 Å². The first-order chi connectivity index (χ1) is 9.16. The molecule has 0 saturated carbocycles. The Morgan fingerprint density at radius 3 is 2.79 bits per heavy atom. The van der Waals surface area contributed by atoms with Crippen molar-refractivity contribution in [2.24, 2.45) is 0 Å². The number of nitrogens with one attached hydrogen (secondary N) is 1. The summed E-state index contributed by atoms with van der Waals surface area (Å²) in [6.07, 6.45) is 0.984. The maximum absolute atomic E-state index is 12.3. The number of amides is 2. The lowest BCUT2D eigenvalue weighted by molar-refractivity contribution is -0.130. The van der Waals surface area contributed by atoms with E-state index in [-0.39, 0.29) is 17.1 Å². The first-order valence-electron chi connectivity index (χ1n) is 6.44. The van der Waals surface area contributed by atoms with Crippen molar-refractivity contribution in [3.8, 4) is 0 Å². The highest BCUT2D eigenvalue weighted by molar-refractivity contribution is 7.81. The van der Waals surface area contributed by atoms with E-state index >= 15 is 0 Å². The monoisotopic (exact) mass is 278 g/mol. The Bertz CT molecular complexity index is 450. The largest absolute Gasteiger partial charge is 0.354 e. The van der Waals surface area contributed by atoms with Crippen LogP contribution in [0.4, 0.5) is 0 Å². The molecule has 5 heteroatoms. The van der Waals surface area contributed by atoms with E-state index in [4.69, 9.17) is 0 Å². The predicted octanol–water partition coefficient (Wildman–Crippen LogP) is 0.876. The van der Waals surface area contributed by atoms with Gasteiger partial charge in [0.05, 0.1) is 5.25 Å². The third-order valence-electron chi connectivity index (χ3n) is 3.18. The van der Waals surface area contributed by atoms with Gasteiger partial charge in [0.1, 0.15) is 0 Å². The highest BCUT2D eigenvalue weighted by Gasteiger charge is 2.23. The average molecular weight is 278 g/mol. The minimum absolute atomic E-state index is 0.00341. The first kappa shape index (κ1) is 13.9. The molecular formula is C14H18N2O2S. The zero-order valence-corrected chi connectivity index (χ0v) is 11.6. The molecule has 1 unspecified atom stereocenters. The van der Waals surface area contributed by atoms with Gasteiger partial charge in [-0.2, -0.15) is 12.6 Å². The van der Waals surface area contributed by atoms with Gasteiger partial charge in [-0.1, -0.05) is 30.3 Å². The van der Waals surface area contributed by atoms with Crippen LogP contribution in [0.15, 0.2) is 30.3 Å². The van der Waals surface area contributed by atoms with E-state index in [1.165, 1.54) is 0 Å². The molecule has 1 heterocycles. The Labute approximate surface area is 118 Å². The minimum Gasteiger partial charge on any atom is -0.354 e. The summed E-state index contributed by atoms with van der Waals surface area (Å²) in [5.74, 6) is 0.0118. The Kier molecular flexibility index (Phi) is 4.85.